The van der Waals surface area contributed by atoms with Crippen molar-refractivity contribution in [1.29, 1.82) is 0 Å². The van der Waals surface area contributed by atoms with Crippen LogP contribution in [0.5, 0.6) is 0 Å². The number of hydrogen-bond donors (Lipinski definition) is 1. The van der Waals surface area contributed by atoms with Crippen molar-refractivity contribution < 1.29 is 4.79 Å². The van der Waals surface area contributed by atoms with Crippen molar-refractivity contribution in [1.82, 2.24) is 25.0 Å². The van der Waals surface area contributed by atoms with Crippen LogP contribution in [0.15, 0.2) is 43.0 Å². The maximum atomic E-state index is 12.1. The van der Waals surface area contributed by atoms with Gasteiger partial charge in [-0.15, -0.1) is 0 Å². The van der Waals surface area contributed by atoms with Gasteiger partial charge in [0, 0.05) is 25.6 Å². The van der Waals surface area contributed by atoms with Gasteiger partial charge in [-0.1, -0.05) is 30.3 Å². The zero-order valence-corrected chi connectivity index (χ0v) is 14.0. The van der Waals surface area contributed by atoms with E-state index < -0.39 is 0 Å². The predicted molar refractivity (Wildman–Crippen MR) is 92.4 cm³/mol. The van der Waals surface area contributed by atoms with E-state index in [1.54, 1.807) is 11.0 Å². The van der Waals surface area contributed by atoms with Crippen molar-refractivity contribution in [2.24, 2.45) is 0 Å². The summed E-state index contributed by atoms with van der Waals surface area (Å²) in [5, 5.41) is 7.18. The van der Waals surface area contributed by atoms with Gasteiger partial charge in [0.1, 0.15) is 12.7 Å². The third kappa shape index (κ3) is 5.16. The Balaban J connectivity index is 1.39. The lowest BCUT2D eigenvalue weighted by atomic mass is 10.0. The Morgan fingerprint density at radius 1 is 1.25 bits per heavy atom. The van der Waals surface area contributed by atoms with Crippen LogP contribution in [0.1, 0.15) is 24.8 Å². The fourth-order valence-corrected chi connectivity index (χ4v) is 3.17. The molecule has 1 aliphatic rings. The minimum Gasteiger partial charge on any atom is -0.352 e. The summed E-state index contributed by atoms with van der Waals surface area (Å²) in [7, 11) is 0. The second-order valence-corrected chi connectivity index (χ2v) is 6.35. The number of nitrogens with one attached hydrogen (secondary N) is 1. The SMILES string of the molecule is O=C(CCn1cncn1)NC1CCCN(CCc2ccccc2)C1. The van der Waals surface area contributed by atoms with Crippen molar-refractivity contribution in [3.63, 3.8) is 0 Å². The van der Waals surface area contributed by atoms with Gasteiger partial charge in [0.05, 0.1) is 6.54 Å². The monoisotopic (exact) mass is 327 g/mol. The molecule has 6 heteroatoms. The van der Waals surface area contributed by atoms with Crippen molar-refractivity contribution in [3.05, 3.63) is 48.5 Å². The lowest BCUT2D eigenvalue weighted by Gasteiger charge is -2.33. The van der Waals surface area contributed by atoms with Crippen LogP contribution >= 0.6 is 0 Å². The molecule has 1 aromatic carbocycles. The Kier molecular flexibility index (Phi) is 5.96. The number of rotatable bonds is 7. The summed E-state index contributed by atoms with van der Waals surface area (Å²) in [6.45, 7) is 3.70. The minimum absolute atomic E-state index is 0.0976. The van der Waals surface area contributed by atoms with Crippen LogP contribution in [0.25, 0.3) is 0 Å². The van der Waals surface area contributed by atoms with Gasteiger partial charge in [-0.05, 0) is 31.4 Å². The number of aromatic nitrogens is 3. The second kappa shape index (κ2) is 8.59. The van der Waals surface area contributed by atoms with Crippen LogP contribution in [0.2, 0.25) is 0 Å². The van der Waals surface area contributed by atoms with E-state index in [0.717, 1.165) is 38.9 Å². The number of piperidine rings is 1. The Labute approximate surface area is 142 Å². The van der Waals surface area contributed by atoms with E-state index in [1.807, 2.05) is 0 Å². The Hall–Kier alpha value is -2.21. The standard InChI is InChI=1S/C18H25N5O/c24-18(9-12-23-15-19-14-20-23)21-17-7-4-10-22(13-17)11-8-16-5-2-1-3-6-16/h1-3,5-6,14-15,17H,4,7-13H2,(H,21,24). The highest BCUT2D eigenvalue weighted by atomic mass is 16.1. The molecule has 2 aromatic rings. The van der Waals surface area contributed by atoms with Crippen molar-refractivity contribution >= 4 is 5.91 Å². The molecule has 1 fully saturated rings. The number of nitrogens with zero attached hydrogens (tertiary/aromatic N) is 4. The highest BCUT2D eigenvalue weighted by Gasteiger charge is 2.21. The average molecular weight is 327 g/mol. The molecule has 1 N–H and O–H groups in total. The van der Waals surface area contributed by atoms with E-state index >= 15 is 0 Å². The molecule has 0 saturated carbocycles. The molecule has 3 rings (SSSR count). The fourth-order valence-electron chi connectivity index (χ4n) is 3.17. The third-order valence-electron chi connectivity index (χ3n) is 4.46. The highest BCUT2D eigenvalue weighted by Crippen LogP contribution is 2.11. The smallest absolute Gasteiger partial charge is 0.222 e. The van der Waals surface area contributed by atoms with Gasteiger partial charge in [-0.3, -0.25) is 9.48 Å². The molecular weight excluding hydrogens is 302 g/mol. The third-order valence-corrected chi connectivity index (χ3v) is 4.46. The van der Waals surface area contributed by atoms with Crippen molar-refractivity contribution in [3.8, 4) is 0 Å². The first-order valence-corrected chi connectivity index (χ1v) is 8.67. The second-order valence-electron chi connectivity index (χ2n) is 6.35. The number of aryl methyl sites for hydroxylation is 1. The number of amides is 1. The van der Waals surface area contributed by atoms with E-state index in [1.165, 1.54) is 11.9 Å². The van der Waals surface area contributed by atoms with Gasteiger partial charge < -0.3 is 10.2 Å². The lowest BCUT2D eigenvalue weighted by molar-refractivity contribution is -0.122. The molecule has 0 radical (unpaired) electrons. The van der Waals surface area contributed by atoms with Gasteiger partial charge in [-0.2, -0.15) is 5.10 Å². The van der Waals surface area contributed by atoms with E-state index in [0.29, 0.717) is 13.0 Å². The topological polar surface area (TPSA) is 63.1 Å². The van der Waals surface area contributed by atoms with E-state index in [4.69, 9.17) is 0 Å². The molecule has 6 nitrogen and oxygen atoms in total. The molecule has 1 aliphatic heterocycles. The Bertz CT molecular complexity index is 614. The summed E-state index contributed by atoms with van der Waals surface area (Å²) in [5.74, 6) is 0.0976. The predicted octanol–water partition coefficient (Wildman–Crippen LogP) is 1.49. The molecule has 1 saturated heterocycles. The molecule has 128 valence electrons. The van der Waals surface area contributed by atoms with Gasteiger partial charge in [0.25, 0.3) is 0 Å². The summed E-state index contributed by atoms with van der Waals surface area (Å²) < 4.78 is 1.69. The van der Waals surface area contributed by atoms with Crippen molar-refractivity contribution in [2.45, 2.75) is 38.3 Å². The number of hydrogen-bond acceptors (Lipinski definition) is 4. The normalized spacial score (nSPS) is 18.4. The van der Waals surface area contributed by atoms with E-state index in [-0.39, 0.29) is 11.9 Å². The number of carbonyl (C=O) groups excluding carboxylic acids is 1. The summed E-state index contributed by atoms with van der Waals surface area (Å²) in [4.78, 5) is 18.4. The lowest BCUT2D eigenvalue weighted by Crippen LogP contribution is -2.48. The van der Waals surface area contributed by atoms with Crippen LogP contribution < -0.4 is 5.32 Å². The molecule has 0 bridgehead atoms. The summed E-state index contributed by atoms with van der Waals surface area (Å²) >= 11 is 0. The van der Waals surface area contributed by atoms with Gasteiger partial charge in [-0.25, -0.2) is 4.98 Å². The summed E-state index contributed by atoms with van der Waals surface area (Å²) in [6.07, 6.45) is 6.85. The van der Waals surface area contributed by atoms with Gasteiger partial charge in [0.2, 0.25) is 5.91 Å². The molecule has 1 amide bonds. The first-order valence-electron chi connectivity index (χ1n) is 8.67. The molecular formula is C18H25N5O. The molecule has 0 spiro atoms. The molecule has 24 heavy (non-hydrogen) atoms. The quantitative estimate of drug-likeness (QED) is 0.837. The number of likely N-dealkylation sites (tertiary alicyclic amines) is 1. The summed E-state index contributed by atoms with van der Waals surface area (Å²) in [5.41, 5.74) is 1.37. The van der Waals surface area contributed by atoms with Crippen LogP contribution in [-0.2, 0) is 17.8 Å². The van der Waals surface area contributed by atoms with E-state index in [9.17, 15) is 4.79 Å². The van der Waals surface area contributed by atoms with Gasteiger partial charge >= 0.3 is 0 Å². The number of benzene rings is 1. The molecule has 2 heterocycles. The minimum atomic E-state index is 0.0976. The zero-order valence-electron chi connectivity index (χ0n) is 14.0. The molecule has 1 aromatic heterocycles. The Morgan fingerprint density at radius 3 is 2.92 bits per heavy atom. The van der Waals surface area contributed by atoms with E-state index in [2.05, 4.69) is 50.6 Å². The molecule has 1 atom stereocenters. The van der Waals surface area contributed by atoms with Crippen molar-refractivity contribution in [2.75, 3.05) is 19.6 Å². The molecule has 0 aliphatic carbocycles. The maximum Gasteiger partial charge on any atom is 0.222 e. The Morgan fingerprint density at radius 2 is 2.12 bits per heavy atom. The maximum absolute atomic E-state index is 12.1. The summed E-state index contributed by atoms with van der Waals surface area (Å²) in [6, 6.07) is 10.8. The average Bonchev–Trinajstić information content (AvgIpc) is 3.13. The zero-order chi connectivity index (χ0) is 16.6. The van der Waals surface area contributed by atoms with Crippen LogP contribution in [0, 0.1) is 0 Å². The van der Waals surface area contributed by atoms with Crippen LogP contribution in [-0.4, -0.2) is 51.2 Å². The van der Waals surface area contributed by atoms with Crippen LogP contribution in [0.4, 0.5) is 0 Å². The fraction of sp³-hybridized carbons (Fsp3) is 0.500. The first kappa shape index (κ1) is 16.6. The van der Waals surface area contributed by atoms with Gasteiger partial charge in [0.15, 0.2) is 0 Å². The highest BCUT2D eigenvalue weighted by molar-refractivity contribution is 5.76. The molecule has 1 unspecified atom stereocenters. The number of carbonyl (C=O) groups is 1. The van der Waals surface area contributed by atoms with Crippen LogP contribution in [0.3, 0.4) is 0 Å². The first-order chi connectivity index (χ1) is 11.8. The largest absolute Gasteiger partial charge is 0.352 e.